The van der Waals surface area contributed by atoms with E-state index >= 15 is 0 Å². The number of amidine groups is 1. The zero-order valence-corrected chi connectivity index (χ0v) is 12.9. The van der Waals surface area contributed by atoms with Crippen LogP contribution in [0, 0.1) is 12.8 Å². The molecule has 0 atom stereocenters. The van der Waals surface area contributed by atoms with Crippen LogP contribution >= 0.6 is 0 Å². The van der Waals surface area contributed by atoms with E-state index in [1.807, 2.05) is 56.8 Å². The van der Waals surface area contributed by atoms with Crippen LogP contribution in [-0.4, -0.2) is 20.6 Å². The smallest absolute Gasteiger partial charge is 0.102 e. The standard InChI is InChI=1S/C16H21N5/c1-11(2)16(17)19-9-13(4)21-15(8-12(3)20-21)14-6-5-7-18-10-14/h5-11H,1-4H3,(H2,17,19)/b13-9+. The number of nitrogens with two attached hydrogens (primary N) is 1. The summed E-state index contributed by atoms with van der Waals surface area (Å²) >= 11 is 0. The molecule has 5 heteroatoms. The van der Waals surface area contributed by atoms with E-state index in [1.54, 1.807) is 12.4 Å². The number of rotatable bonds is 4. The third kappa shape index (κ3) is 3.56. The van der Waals surface area contributed by atoms with Gasteiger partial charge in [0.25, 0.3) is 0 Å². The summed E-state index contributed by atoms with van der Waals surface area (Å²) in [7, 11) is 0. The van der Waals surface area contributed by atoms with Crippen LogP contribution in [0.3, 0.4) is 0 Å². The predicted octanol–water partition coefficient (Wildman–Crippen LogP) is 3.09. The molecule has 2 rings (SSSR count). The molecule has 110 valence electrons. The Morgan fingerprint density at radius 1 is 1.43 bits per heavy atom. The van der Waals surface area contributed by atoms with Gasteiger partial charge in [0.05, 0.1) is 23.3 Å². The molecule has 0 unspecified atom stereocenters. The molecule has 0 aromatic carbocycles. The Balaban J connectivity index is 2.41. The molecule has 2 heterocycles. The lowest BCUT2D eigenvalue weighted by molar-refractivity contribution is 0.866. The Bertz CT molecular complexity index is 665. The monoisotopic (exact) mass is 283 g/mol. The van der Waals surface area contributed by atoms with Gasteiger partial charge in [0, 0.05) is 23.9 Å². The Morgan fingerprint density at radius 2 is 2.19 bits per heavy atom. The summed E-state index contributed by atoms with van der Waals surface area (Å²) in [6.07, 6.45) is 5.33. The van der Waals surface area contributed by atoms with Gasteiger partial charge in [-0.2, -0.15) is 5.10 Å². The average Bonchev–Trinajstić information content (AvgIpc) is 2.87. The lowest BCUT2D eigenvalue weighted by Gasteiger charge is -2.07. The average molecular weight is 283 g/mol. The van der Waals surface area contributed by atoms with Crippen molar-refractivity contribution in [3.8, 4) is 11.3 Å². The Kier molecular flexibility index (Phi) is 4.52. The molecule has 0 saturated heterocycles. The van der Waals surface area contributed by atoms with Crippen molar-refractivity contribution in [2.24, 2.45) is 16.6 Å². The van der Waals surface area contributed by atoms with Crippen LogP contribution in [0.5, 0.6) is 0 Å². The Hall–Kier alpha value is -2.43. The molecule has 21 heavy (non-hydrogen) atoms. The maximum Gasteiger partial charge on any atom is 0.102 e. The van der Waals surface area contributed by atoms with Gasteiger partial charge < -0.3 is 5.73 Å². The van der Waals surface area contributed by atoms with Crippen LogP contribution < -0.4 is 5.73 Å². The fraction of sp³-hybridized carbons (Fsp3) is 0.312. The quantitative estimate of drug-likeness (QED) is 0.692. The molecule has 0 aliphatic carbocycles. The van der Waals surface area contributed by atoms with E-state index in [0.29, 0.717) is 5.84 Å². The number of aliphatic imine (C=N–C) groups is 1. The van der Waals surface area contributed by atoms with Gasteiger partial charge >= 0.3 is 0 Å². The summed E-state index contributed by atoms with van der Waals surface area (Å²) in [5, 5.41) is 4.52. The molecule has 0 saturated carbocycles. The van der Waals surface area contributed by atoms with Crippen molar-refractivity contribution in [2.75, 3.05) is 0 Å². The maximum absolute atomic E-state index is 5.86. The molecule has 5 nitrogen and oxygen atoms in total. The van der Waals surface area contributed by atoms with Crippen molar-refractivity contribution in [2.45, 2.75) is 27.7 Å². The molecule has 0 fully saturated rings. The van der Waals surface area contributed by atoms with Crippen LogP contribution in [0.4, 0.5) is 0 Å². The highest BCUT2D eigenvalue weighted by Gasteiger charge is 2.09. The SMILES string of the molecule is C/C(=C\N=C(N)C(C)C)n1nc(C)cc1-c1cccnc1. The predicted molar refractivity (Wildman–Crippen MR) is 86.6 cm³/mol. The first-order chi connectivity index (χ1) is 9.99. The normalized spacial score (nSPS) is 13.0. The summed E-state index contributed by atoms with van der Waals surface area (Å²) in [5.41, 5.74) is 9.73. The number of allylic oxidation sites excluding steroid dienone is 1. The van der Waals surface area contributed by atoms with Crippen LogP contribution in [0.15, 0.2) is 41.8 Å². The number of pyridine rings is 1. The molecule has 0 spiro atoms. The molecular weight excluding hydrogens is 262 g/mol. The van der Waals surface area contributed by atoms with Crippen LogP contribution in [-0.2, 0) is 0 Å². The Morgan fingerprint density at radius 3 is 2.81 bits per heavy atom. The third-order valence-electron chi connectivity index (χ3n) is 3.11. The largest absolute Gasteiger partial charge is 0.387 e. The highest BCUT2D eigenvalue weighted by atomic mass is 15.3. The highest BCUT2D eigenvalue weighted by molar-refractivity contribution is 5.83. The van der Waals surface area contributed by atoms with E-state index in [1.165, 1.54) is 0 Å². The second-order valence-electron chi connectivity index (χ2n) is 5.30. The summed E-state index contributed by atoms with van der Waals surface area (Å²) in [6, 6.07) is 5.96. The molecule has 0 aliphatic rings. The van der Waals surface area contributed by atoms with E-state index < -0.39 is 0 Å². The molecule has 0 radical (unpaired) electrons. The number of aromatic nitrogens is 3. The number of hydrogen-bond acceptors (Lipinski definition) is 3. The van der Waals surface area contributed by atoms with Gasteiger partial charge in [-0.25, -0.2) is 9.67 Å². The van der Waals surface area contributed by atoms with E-state index in [2.05, 4.69) is 15.1 Å². The van der Waals surface area contributed by atoms with Gasteiger partial charge in [-0.05, 0) is 32.0 Å². The number of hydrogen-bond donors (Lipinski definition) is 1. The molecular formula is C16H21N5. The van der Waals surface area contributed by atoms with E-state index in [9.17, 15) is 0 Å². The molecule has 0 bridgehead atoms. The Labute approximate surface area is 125 Å². The maximum atomic E-state index is 5.86. The fourth-order valence-corrected chi connectivity index (χ4v) is 1.86. The topological polar surface area (TPSA) is 69.1 Å². The van der Waals surface area contributed by atoms with Crippen LogP contribution in [0.2, 0.25) is 0 Å². The number of aryl methyl sites for hydroxylation is 1. The first-order valence-corrected chi connectivity index (χ1v) is 6.96. The zero-order valence-electron chi connectivity index (χ0n) is 12.9. The van der Waals surface area contributed by atoms with Crippen molar-refractivity contribution >= 4 is 11.5 Å². The second kappa shape index (κ2) is 6.35. The minimum atomic E-state index is 0.228. The van der Waals surface area contributed by atoms with Crippen molar-refractivity contribution < 1.29 is 0 Å². The summed E-state index contributed by atoms with van der Waals surface area (Å²) in [4.78, 5) is 8.46. The third-order valence-corrected chi connectivity index (χ3v) is 3.11. The first-order valence-electron chi connectivity index (χ1n) is 6.96. The molecule has 0 aliphatic heterocycles. The minimum Gasteiger partial charge on any atom is -0.387 e. The van der Waals surface area contributed by atoms with Gasteiger partial charge in [0.1, 0.15) is 5.84 Å². The lowest BCUT2D eigenvalue weighted by Crippen LogP contribution is -2.18. The molecule has 2 aromatic heterocycles. The van der Waals surface area contributed by atoms with Crippen molar-refractivity contribution in [1.29, 1.82) is 0 Å². The van der Waals surface area contributed by atoms with E-state index in [-0.39, 0.29) is 5.92 Å². The van der Waals surface area contributed by atoms with Gasteiger partial charge in [-0.15, -0.1) is 0 Å². The first kappa shape index (κ1) is 15.0. The highest BCUT2D eigenvalue weighted by Crippen LogP contribution is 2.22. The molecule has 2 aromatic rings. The van der Waals surface area contributed by atoms with Crippen molar-refractivity contribution in [1.82, 2.24) is 14.8 Å². The summed E-state index contributed by atoms with van der Waals surface area (Å²) < 4.78 is 1.86. The van der Waals surface area contributed by atoms with Crippen molar-refractivity contribution in [3.05, 3.63) is 42.5 Å². The van der Waals surface area contributed by atoms with Gasteiger partial charge in [0.15, 0.2) is 0 Å². The van der Waals surface area contributed by atoms with E-state index in [0.717, 1.165) is 22.6 Å². The fourth-order valence-electron chi connectivity index (χ4n) is 1.86. The van der Waals surface area contributed by atoms with E-state index in [4.69, 9.17) is 5.73 Å². The van der Waals surface area contributed by atoms with Crippen LogP contribution in [0.25, 0.3) is 17.0 Å². The summed E-state index contributed by atoms with van der Waals surface area (Å²) in [5.74, 6) is 0.840. The van der Waals surface area contributed by atoms with Gasteiger partial charge in [-0.3, -0.25) is 4.98 Å². The molecule has 2 N–H and O–H groups in total. The van der Waals surface area contributed by atoms with Gasteiger partial charge in [-0.1, -0.05) is 13.8 Å². The van der Waals surface area contributed by atoms with Gasteiger partial charge in [0.2, 0.25) is 0 Å². The number of nitrogens with zero attached hydrogens (tertiary/aromatic N) is 4. The second-order valence-corrected chi connectivity index (χ2v) is 5.30. The zero-order chi connectivity index (χ0) is 15.4. The van der Waals surface area contributed by atoms with Crippen LogP contribution in [0.1, 0.15) is 26.5 Å². The molecule has 0 amide bonds. The summed E-state index contributed by atoms with van der Waals surface area (Å²) in [6.45, 7) is 7.96. The lowest BCUT2D eigenvalue weighted by atomic mass is 10.2. The van der Waals surface area contributed by atoms with Crippen molar-refractivity contribution in [3.63, 3.8) is 0 Å². The minimum absolute atomic E-state index is 0.228.